The van der Waals surface area contributed by atoms with Gasteiger partial charge in [-0.2, -0.15) is 0 Å². The molecule has 3 rings (SSSR count). The van der Waals surface area contributed by atoms with Gasteiger partial charge in [0.25, 0.3) is 0 Å². The van der Waals surface area contributed by atoms with Gasteiger partial charge in [0.15, 0.2) is 0 Å². The molecule has 1 saturated heterocycles. The molecule has 3 aliphatic rings. The molecule has 0 atom stereocenters. The summed E-state index contributed by atoms with van der Waals surface area (Å²) in [6, 6.07) is 0. The number of fused-ring (bicyclic) bond motifs is 1. The highest BCUT2D eigenvalue weighted by Gasteiger charge is 2.69. The fraction of sp³-hybridized carbons (Fsp3) is 1.00. The van der Waals surface area contributed by atoms with E-state index in [1.165, 1.54) is 25.7 Å². The van der Waals surface area contributed by atoms with Gasteiger partial charge in [0.05, 0.1) is 24.4 Å². The van der Waals surface area contributed by atoms with Crippen LogP contribution in [0.4, 0.5) is 0 Å². The maximum absolute atomic E-state index is 5.73. The van der Waals surface area contributed by atoms with Crippen LogP contribution in [0.25, 0.3) is 0 Å². The molecule has 10 heavy (non-hydrogen) atoms. The third-order valence-corrected chi connectivity index (χ3v) is 3.08. The molecule has 2 aliphatic carbocycles. The first-order valence-electron chi connectivity index (χ1n) is 4.15. The third kappa shape index (κ3) is 0.487. The van der Waals surface area contributed by atoms with Crippen molar-refractivity contribution in [2.75, 3.05) is 13.2 Å². The Kier molecular flexibility index (Phi) is 0.783. The molecular formula is C8H12O2. The molecule has 0 aromatic carbocycles. The predicted octanol–water partition coefficient (Wildman–Crippen LogP) is 1.10. The summed E-state index contributed by atoms with van der Waals surface area (Å²) in [6.45, 7) is 1.64. The summed E-state index contributed by atoms with van der Waals surface area (Å²) in [4.78, 5) is 0. The largest absolute Gasteiger partial charge is 0.370 e. The predicted molar refractivity (Wildman–Crippen MR) is 35.8 cm³/mol. The van der Waals surface area contributed by atoms with Crippen LogP contribution in [0, 0.1) is 0 Å². The molecule has 0 N–H and O–H groups in total. The Bertz CT molecular complexity index is 148. The molecule has 1 aliphatic heterocycles. The quantitative estimate of drug-likeness (QED) is 0.501. The Morgan fingerprint density at radius 2 is 1.10 bits per heavy atom. The molecular weight excluding hydrogens is 128 g/mol. The highest BCUT2D eigenvalue weighted by Crippen LogP contribution is 2.62. The van der Waals surface area contributed by atoms with Crippen LogP contribution in [0.15, 0.2) is 0 Å². The molecule has 0 aromatic heterocycles. The molecule has 1 heterocycles. The summed E-state index contributed by atoms with van der Waals surface area (Å²) in [5.74, 6) is 0. The summed E-state index contributed by atoms with van der Waals surface area (Å²) < 4.78 is 11.5. The molecule has 0 bridgehead atoms. The van der Waals surface area contributed by atoms with E-state index in [4.69, 9.17) is 9.47 Å². The lowest BCUT2D eigenvalue weighted by molar-refractivity contribution is -0.170. The molecule has 56 valence electrons. The van der Waals surface area contributed by atoms with Crippen molar-refractivity contribution in [3.05, 3.63) is 0 Å². The van der Waals surface area contributed by atoms with Crippen LogP contribution >= 0.6 is 0 Å². The Balaban J connectivity index is 1.91. The van der Waals surface area contributed by atoms with Gasteiger partial charge in [0.2, 0.25) is 0 Å². The smallest absolute Gasteiger partial charge is 0.0974 e. The van der Waals surface area contributed by atoms with Crippen molar-refractivity contribution in [1.82, 2.24) is 0 Å². The Morgan fingerprint density at radius 3 is 1.40 bits per heavy atom. The van der Waals surface area contributed by atoms with Gasteiger partial charge in [0.1, 0.15) is 0 Å². The molecule has 3 fully saturated rings. The minimum Gasteiger partial charge on any atom is -0.370 e. The SMILES string of the molecule is C1COC2(CC2)C2(CC2)O1. The van der Waals surface area contributed by atoms with Crippen molar-refractivity contribution in [2.45, 2.75) is 36.9 Å². The van der Waals surface area contributed by atoms with Gasteiger partial charge in [-0.15, -0.1) is 0 Å². The molecule has 2 saturated carbocycles. The van der Waals surface area contributed by atoms with E-state index in [-0.39, 0.29) is 11.2 Å². The Morgan fingerprint density at radius 1 is 0.700 bits per heavy atom. The van der Waals surface area contributed by atoms with Gasteiger partial charge in [-0.3, -0.25) is 0 Å². The second-order valence-corrected chi connectivity index (χ2v) is 3.69. The molecule has 2 heteroatoms. The Labute approximate surface area is 60.5 Å². The van der Waals surface area contributed by atoms with Gasteiger partial charge in [-0.25, -0.2) is 0 Å². The maximum atomic E-state index is 5.73. The second-order valence-electron chi connectivity index (χ2n) is 3.69. The number of ether oxygens (including phenoxy) is 2. The van der Waals surface area contributed by atoms with Crippen LogP contribution in [0.3, 0.4) is 0 Å². The fourth-order valence-electron chi connectivity index (χ4n) is 2.16. The van der Waals surface area contributed by atoms with E-state index in [1.54, 1.807) is 0 Å². The topological polar surface area (TPSA) is 18.5 Å². The van der Waals surface area contributed by atoms with Crippen LogP contribution in [0.5, 0.6) is 0 Å². The van der Waals surface area contributed by atoms with Crippen molar-refractivity contribution in [3.63, 3.8) is 0 Å². The van der Waals surface area contributed by atoms with Gasteiger partial charge in [-0.05, 0) is 25.7 Å². The lowest BCUT2D eigenvalue weighted by Gasteiger charge is -2.32. The normalized spacial score (nSPS) is 38.4. The molecule has 0 amide bonds. The summed E-state index contributed by atoms with van der Waals surface area (Å²) in [7, 11) is 0. The summed E-state index contributed by atoms with van der Waals surface area (Å²) in [5.41, 5.74) is 0.427. The summed E-state index contributed by atoms with van der Waals surface area (Å²) in [6.07, 6.45) is 4.97. The van der Waals surface area contributed by atoms with Crippen molar-refractivity contribution in [3.8, 4) is 0 Å². The van der Waals surface area contributed by atoms with E-state index >= 15 is 0 Å². The number of hydrogen-bond donors (Lipinski definition) is 0. The average molecular weight is 140 g/mol. The van der Waals surface area contributed by atoms with E-state index in [2.05, 4.69) is 0 Å². The van der Waals surface area contributed by atoms with Gasteiger partial charge < -0.3 is 9.47 Å². The Hall–Kier alpha value is -0.0800. The van der Waals surface area contributed by atoms with E-state index in [9.17, 15) is 0 Å². The zero-order chi connectivity index (χ0) is 6.66. The standard InChI is InChI=1S/C8H12O2/c1-2-7(1)8(3-4-8)10-6-5-9-7/h1-6H2. The summed E-state index contributed by atoms with van der Waals surface area (Å²) >= 11 is 0. The summed E-state index contributed by atoms with van der Waals surface area (Å²) in [5, 5.41) is 0. The molecule has 2 spiro atoms. The monoisotopic (exact) mass is 140 g/mol. The van der Waals surface area contributed by atoms with Crippen molar-refractivity contribution in [2.24, 2.45) is 0 Å². The van der Waals surface area contributed by atoms with Crippen molar-refractivity contribution < 1.29 is 9.47 Å². The van der Waals surface area contributed by atoms with Crippen molar-refractivity contribution >= 4 is 0 Å². The number of hydrogen-bond acceptors (Lipinski definition) is 2. The van der Waals surface area contributed by atoms with Crippen LogP contribution in [-0.2, 0) is 9.47 Å². The van der Waals surface area contributed by atoms with E-state index < -0.39 is 0 Å². The third-order valence-electron chi connectivity index (χ3n) is 3.08. The first kappa shape index (κ1) is 5.56. The van der Waals surface area contributed by atoms with Crippen LogP contribution in [0.1, 0.15) is 25.7 Å². The highest BCUT2D eigenvalue weighted by atomic mass is 16.6. The molecule has 0 unspecified atom stereocenters. The zero-order valence-electron chi connectivity index (χ0n) is 6.06. The number of rotatable bonds is 0. The first-order valence-corrected chi connectivity index (χ1v) is 4.15. The van der Waals surface area contributed by atoms with Gasteiger partial charge >= 0.3 is 0 Å². The van der Waals surface area contributed by atoms with Crippen LogP contribution < -0.4 is 0 Å². The average Bonchev–Trinajstić information content (AvgIpc) is 2.72. The zero-order valence-corrected chi connectivity index (χ0v) is 6.06. The lowest BCUT2D eigenvalue weighted by Crippen LogP contribution is -2.42. The van der Waals surface area contributed by atoms with Crippen molar-refractivity contribution in [1.29, 1.82) is 0 Å². The minimum atomic E-state index is 0.214. The molecule has 0 aromatic rings. The van der Waals surface area contributed by atoms with Crippen LogP contribution in [-0.4, -0.2) is 24.4 Å². The molecule has 2 nitrogen and oxygen atoms in total. The first-order chi connectivity index (χ1) is 4.87. The van der Waals surface area contributed by atoms with Crippen LogP contribution in [0.2, 0.25) is 0 Å². The van der Waals surface area contributed by atoms with Gasteiger partial charge in [-0.1, -0.05) is 0 Å². The minimum absolute atomic E-state index is 0.214. The van der Waals surface area contributed by atoms with E-state index in [0.717, 1.165) is 13.2 Å². The van der Waals surface area contributed by atoms with Gasteiger partial charge in [0, 0.05) is 0 Å². The highest BCUT2D eigenvalue weighted by molar-refractivity contribution is 5.21. The van der Waals surface area contributed by atoms with E-state index in [0.29, 0.717) is 0 Å². The lowest BCUT2D eigenvalue weighted by atomic mass is 10.1. The fourth-order valence-corrected chi connectivity index (χ4v) is 2.16. The maximum Gasteiger partial charge on any atom is 0.0974 e. The second kappa shape index (κ2) is 1.41. The molecule has 0 radical (unpaired) electrons. The van der Waals surface area contributed by atoms with E-state index in [1.807, 2.05) is 0 Å².